The first kappa shape index (κ1) is 12.4. The molecule has 2 unspecified atom stereocenters. The third-order valence-corrected chi connectivity index (χ3v) is 5.96. The van der Waals surface area contributed by atoms with Crippen molar-refractivity contribution in [2.24, 2.45) is 5.92 Å². The Kier molecular flexibility index (Phi) is 5.39. The average molecular weight is 232 g/mol. The third-order valence-electron chi connectivity index (χ3n) is 2.86. The quantitative estimate of drug-likeness (QED) is 0.741. The van der Waals surface area contributed by atoms with Gasteiger partial charge in [-0.2, -0.15) is 11.8 Å². The van der Waals surface area contributed by atoms with E-state index >= 15 is 0 Å². The first-order valence-electron chi connectivity index (χ1n) is 5.47. The topological polar surface area (TPSA) is 17.1 Å². The molecule has 14 heavy (non-hydrogen) atoms. The van der Waals surface area contributed by atoms with Crippen LogP contribution in [0, 0.1) is 5.92 Å². The molecule has 0 aromatic heterocycles. The van der Waals surface area contributed by atoms with Gasteiger partial charge in [-0.05, 0) is 12.8 Å². The van der Waals surface area contributed by atoms with Crippen molar-refractivity contribution in [2.75, 3.05) is 11.5 Å². The summed E-state index contributed by atoms with van der Waals surface area (Å²) in [5, 5.41) is 0.778. The number of hydrogen-bond donors (Lipinski definition) is 0. The number of Topliss-reactive ketones (excluding diaryl/α,β-unsaturated/α-hetero) is 1. The van der Waals surface area contributed by atoms with E-state index in [2.05, 4.69) is 20.8 Å². The highest BCUT2D eigenvalue weighted by molar-refractivity contribution is 8.07. The van der Waals surface area contributed by atoms with E-state index < -0.39 is 0 Å². The van der Waals surface area contributed by atoms with Crippen molar-refractivity contribution in [3.8, 4) is 0 Å². The Bertz CT molecular complexity index is 190. The molecule has 1 fully saturated rings. The molecule has 1 nitrogen and oxygen atoms in total. The fourth-order valence-corrected chi connectivity index (χ4v) is 4.67. The van der Waals surface area contributed by atoms with Gasteiger partial charge in [-0.1, -0.05) is 20.8 Å². The minimum atomic E-state index is 0.263. The second-order valence-corrected chi connectivity index (χ2v) is 6.52. The van der Waals surface area contributed by atoms with Gasteiger partial charge in [-0.25, -0.2) is 0 Å². The summed E-state index contributed by atoms with van der Waals surface area (Å²) in [5.74, 6) is 3.15. The zero-order chi connectivity index (χ0) is 10.6. The SMILES string of the molecule is CCC(CC)C(=O)C1SCCSC1C. The Labute approximate surface area is 95.8 Å². The number of rotatable bonds is 4. The summed E-state index contributed by atoms with van der Waals surface area (Å²) in [4.78, 5) is 12.1. The number of carbonyl (C=O) groups is 1. The fourth-order valence-electron chi connectivity index (χ4n) is 1.87. The average Bonchev–Trinajstić information content (AvgIpc) is 2.20. The van der Waals surface area contributed by atoms with Crippen molar-refractivity contribution in [2.45, 2.75) is 44.1 Å². The second-order valence-electron chi connectivity index (χ2n) is 3.78. The van der Waals surface area contributed by atoms with Gasteiger partial charge >= 0.3 is 0 Å². The maximum Gasteiger partial charge on any atom is 0.149 e. The Balaban J connectivity index is 2.57. The lowest BCUT2D eigenvalue weighted by atomic mass is 9.95. The van der Waals surface area contributed by atoms with Gasteiger partial charge in [-0.15, -0.1) is 11.8 Å². The molecule has 0 aliphatic carbocycles. The molecule has 0 spiro atoms. The molecular weight excluding hydrogens is 212 g/mol. The van der Waals surface area contributed by atoms with Crippen LogP contribution in [0.25, 0.3) is 0 Å². The van der Waals surface area contributed by atoms with Gasteiger partial charge in [0.25, 0.3) is 0 Å². The molecule has 0 aromatic carbocycles. The molecular formula is C11H20OS2. The van der Waals surface area contributed by atoms with E-state index in [-0.39, 0.29) is 5.25 Å². The van der Waals surface area contributed by atoms with Gasteiger partial charge in [0.2, 0.25) is 0 Å². The van der Waals surface area contributed by atoms with Gasteiger partial charge in [-0.3, -0.25) is 4.79 Å². The molecule has 1 aliphatic rings. The third kappa shape index (κ3) is 2.93. The molecule has 1 aliphatic heterocycles. The van der Waals surface area contributed by atoms with Crippen molar-refractivity contribution < 1.29 is 4.79 Å². The molecule has 0 N–H and O–H groups in total. The van der Waals surface area contributed by atoms with Crippen LogP contribution in [0.4, 0.5) is 0 Å². The first-order valence-corrected chi connectivity index (χ1v) is 7.57. The molecule has 0 aromatic rings. The van der Waals surface area contributed by atoms with Crippen LogP contribution in [0.3, 0.4) is 0 Å². The summed E-state index contributed by atoms with van der Waals surface area (Å²) in [5.41, 5.74) is 0. The van der Waals surface area contributed by atoms with Crippen LogP contribution in [0.1, 0.15) is 33.6 Å². The molecule has 0 bridgehead atoms. The maximum absolute atomic E-state index is 12.1. The molecule has 1 heterocycles. The van der Waals surface area contributed by atoms with Crippen molar-refractivity contribution in [1.82, 2.24) is 0 Å². The number of thioether (sulfide) groups is 2. The normalized spacial score (nSPS) is 28.0. The van der Waals surface area contributed by atoms with Crippen LogP contribution < -0.4 is 0 Å². The molecule has 0 amide bonds. The molecule has 2 atom stereocenters. The van der Waals surface area contributed by atoms with Crippen LogP contribution in [0.2, 0.25) is 0 Å². The molecule has 0 radical (unpaired) electrons. The standard InChI is InChI=1S/C11H20OS2/c1-4-9(5-2)10(12)11-8(3)13-6-7-14-11/h8-9,11H,4-7H2,1-3H3. The second kappa shape index (κ2) is 6.06. The largest absolute Gasteiger partial charge is 0.298 e. The lowest BCUT2D eigenvalue weighted by molar-refractivity contribution is -0.122. The molecule has 1 rings (SSSR count). The molecule has 0 saturated carbocycles. The maximum atomic E-state index is 12.1. The summed E-state index contributed by atoms with van der Waals surface area (Å²) < 4.78 is 0. The Hall–Kier alpha value is 0.370. The molecule has 82 valence electrons. The van der Waals surface area contributed by atoms with Crippen molar-refractivity contribution in [3.05, 3.63) is 0 Å². The van der Waals surface area contributed by atoms with Crippen LogP contribution in [0.15, 0.2) is 0 Å². The zero-order valence-electron chi connectivity index (χ0n) is 9.29. The van der Waals surface area contributed by atoms with Crippen molar-refractivity contribution >= 4 is 29.3 Å². The predicted octanol–water partition coefficient (Wildman–Crippen LogP) is 3.23. The summed E-state index contributed by atoms with van der Waals surface area (Å²) >= 11 is 3.82. The van der Waals surface area contributed by atoms with Gasteiger partial charge in [0.15, 0.2) is 0 Å². The van der Waals surface area contributed by atoms with E-state index in [1.54, 1.807) is 0 Å². The Morgan fingerprint density at radius 2 is 1.86 bits per heavy atom. The van der Waals surface area contributed by atoms with E-state index in [0.717, 1.165) is 18.6 Å². The zero-order valence-corrected chi connectivity index (χ0v) is 10.9. The van der Waals surface area contributed by atoms with Crippen molar-refractivity contribution in [3.63, 3.8) is 0 Å². The number of carbonyl (C=O) groups excluding carboxylic acids is 1. The lowest BCUT2D eigenvalue weighted by Crippen LogP contribution is -2.35. The predicted molar refractivity (Wildman–Crippen MR) is 67.2 cm³/mol. The van der Waals surface area contributed by atoms with Gasteiger partial charge in [0.05, 0.1) is 5.25 Å². The molecule has 3 heteroatoms. The van der Waals surface area contributed by atoms with E-state index in [1.807, 2.05) is 23.5 Å². The first-order chi connectivity index (χ1) is 6.70. The lowest BCUT2D eigenvalue weighted by Gasteiger charge is -2.29. The summed E-state index contributed by atoms with van der Waals surface area (Å²) in [6.07, 6.45) is 2.01. The van der Waals surface area contributed by atoms with Gasteiger partial charge < -0.3 is 0 Å². The van der Waals surface area contributed by atoms with Crippen LogP contribution in [0.5, 0.6) is 0 Å². The number of hydrogen-bond acceptors (Lipinski definition) is 3. The van der Waals surface area contributed by atoms with Crippen molar-refractivity contribution in [1.29, 1.82) is 0 Å². The van der Waals surface area contributed by atoms with E-state index in [1.165, 1.54) is 5.75 Å². The van der Waals surface area contributed by atoms with E-state index in [9.17, 15) is 4.79 Å². The minimum absolute atomic E-state index is 0.263. The minimum Gasteiger partial charge on any atom is -0.298 e. The highest BCUT2D eigenvalue weighted by Gasteiger charge is 2.31. The number of ketones is 1. The Morgan fingerprint density at radius 3 is 2.36 bits per heavy atom. The van der Waals surface area contributed by atoms with Gasteiger partial charge in [0, 0.05) is 22.7 Å². The van der Waals surface area contributed by atoms with Gasteiger partial charge in [0.1, 0.15) is 5.78 Å². The highest BCUT2D eigenvalue weighted by atomic mass is 32.2. The summed E-state index contributed by atoms with van der Waals surface area (Å²) in [7, 11) is 0. The monoisotopic (exact) mass is 232 g/mol. The van der Waals surface area contributed by atoms with Crippen LogP contribution in [-0.4, -0.2) is 27.8 Å². The summed E-state index contributed by atoms with van der Waals surface area (Å²) in [6.45, 7) is 6.44. The van der Waals surface area contributed by atoms with E-state index in [4.69, 9.17) is 0 Å². The van der Waals surface area contributed by atoms with Crippen LogP contribution >= 0.6 is 23.5 Å². The molecule has 1 saturated heterocycles. The Morgan fingerprint density at radius 1 is 1.29 bits per heavy atom. The fraction of sp³-hybridized carbons (Fsp3) is 0.909. The van der Waals surface area contributed by atoms with E-state index in [0.29, 0.717) is 17.0 Å². The summed E-state index contributed by atoms with van der Waals surface area (Å²) in [6, 6.07) is 0. The smallest absolute Gasteiger partial charge is 0.149 e. The van der Waals surface area contributed by atoms with Crippen LogP contribution in [-0.2, 0) is 4.79 Å². The highest BCUT2D eigenvalue weighted by Crippen LogP contribution is 2.33.